The van der Waals surface area contributed by atoms with Gasteiger partial charge in [0.2, 0.25) is 11.8 Å². The van der Waals surface area contributed by atoms with Gasteiger partial charge in [-0.25, -0.2) is 4.98 Å². The molecule has 0 saturated heterocycles. The number of carbonyl (C=O) groups is 4. The number of nitrogens with zero attached hydrogens (tertiary/aromatic N) is 2. The predicted molar refractivity (Wildman–Crippen MR) is 154 cm³/mol. The molecule has 0 bridgehead atoms. The van der Waals surface area contributed by atoms with Crippen molar-refractivity contribution in [3.8, 4) is 0 Å². The van der Waals surface area contributed by atoms with Crippen LogP contribution in [0.15, 0.2) is 35.8 Å². The van der Waals surface area contributed by atoms with Crippen LogP contribution in [0, 0.1) is 5.92 Å². The normalized spacial score (nSPS) is 13.7. The predicted octanol–water partition coefficient (Wildman–Crippen LogP) is 4.42. The van der Waals surface area contributed by atoms with Gasteiger partial charge in [-0.1, -0.05) is 56.6 Å². The summed E-state index contributed by atoms with van der Waals surface area (Å²) in [6.45, 7) is 4.15. The zero-order valence-corrected chi connectivity index (χ0v) is 23.4. The van der Waals surface area contributed by atoms with Crippen molar-refractivity contribution in [2.24, 2.45) is 11.7 Å². The zero-order valence-electron chi connectivity index (χ0n) is 21.6. The fraction of sp³-hybridized carbons (Fsp3) is 0.481. The molecule has 1 aliphatic carbocycles. The molecule has 1 saturated carbocycles. The number of nitrogens with two attached hydrogens (primary N) is 1. The molecule has 0 unspecified atom stereocenters. The highest BCUT2D eigenvalue weighted by Gasteiger charge is 2.32. The maximum Gasteiger partial charge on any atom is 0.248 e. The third-order valence-corrected chi connectivity index (χ3v) is 6.96. The first kappa shape index (κ1) is 32.3. The second-order valence-electron chi connectivity index (χ2n) is 8.71. The van der Waals surface area contributed by atoms with Crippen molar-refractivity contribution in [1.29, 1.82) is 0 Å². The van der Waals surface area contributed by atoms with Crippen LogP contribution in [0.25, 0.3) is 0 Å². The molecule has 1 aromatic heterocycles. The van der Waals surface area contributed by atoms with Crippen molar-refractivity contribution in [2.45, 2.75) is 64.3 Å². The number of Topliss-reactive ketones (excluding diaryl/α,β-unsaturated/α-hetero) is 1. The molecule has 0 aliphatic heterocycles. The molecule has 1 atom stereocenters. The van der Waals surface area contributed by atoms with Gasteiger partial charge < -0.3 is 20.7 Å². The highest BCUT2D eigenvalue weighted by Crippen LogP contribution is 2.29. The Labute approximate surface area is 226 Å². The summed E-state index contributed by atoms with van der Waals surface area (Å²) in [4.78, 5) is 52.1. The summed E-state index contributed by atoms with van der Waals surface area (Å²) in [6, 6.07) is 6.79. The van der Waals surface area contributed by atoms with Gasteiger partial charge in [0.05, 0.1) is 0 Å². The highest BCUT2D eigenvalue weighted by atomic mass is 32.1. The molecule has 37 heavy (non-hydrogen) atoms. The van der Waals surface area contributed by atoms with Crippen LogP contribution < -0.4 is 11.1 Å². The van der Waals surface area contributed by atoms with E-state index in [9.17, 15) is 14.4 Å². The average Bonchev–Trinajstić information content (AvgIpc) is 3.45. The number of hydrogen-bond acceptors (Lipinski definition) is 7. The fourth-order valence-electron chi connectivity index (χ4n) is 4.52. The van der Waals surface area contributed by atoms with Crippen molar-refractivity contribution in [3.05, 3.63) is 47.0 Å². The van der Waals surface area contributed by atoms with Crippen LogP contribution in [0.2, 0.25) is 0 Å². The van der Waals surface area contributed by atoms with E-state index in [1.807, 2.05) is 30.4 Å². The first-order valence-electron chi connectivity index (χ1n) is 12.4. The van der Waals surface area contributed by atoms with E-state index in [0.29, 0.717) is 36.0 Å². The summed E-state index contributed by atoms with van der Waals surface area (Å²) in [5.41, 5.74) is 7.43. The monoisotopic (exact) mass is 546 g/mol. The summed E-state index contributed by atoms with van der Waals surface area (Å²) >= 11 is 1.36. The van der Waals surface area contributed by atoms with E-state index in [4.69, 9.17) is 10.5 Å². The molecule has 1 aliphatic rings. The number of benzene rings is 1. The minimum absolute atomic E-state index is 0.000613. The van der Waals surface area contributed by atoms with E-state index < -0.39 is 6.04 Å². The maximum absolute atomic E-state index is 13.3. The molecule has 8 nitrogen and oxygen atoms in total. The second kappa shape index (κ2) is 18.5. The lowest BCUT2D eigenvalue weighted by molar-refractivity contribution is -0.139. The Balaban J connectivity index is 0.00000163. The smallest absolute Gasteiger partial charge is 0.248 e. The molecule has 1 heterocycles. The number of thiazole rings is 1. The Bertz CT molecular complexity index is 965. The molecule has 1 fully saturated rings. The molecule has 202 valence electrons. The molecular weight excluding hydrogens is 507 g/mol. The molecule has 10 heteroatoms. The van der Waals surface area contributed by atoms with Gasteiger partial charge in [0.1, 0.15) is 12.8 Å². The van der Waals surface area contributed by atoms with E-state index in [0.717, 1.165) is 18.4 Å². The van der Waals surface area contributed by atoms with Crippen molar-refractivity contribution in [1.82, 2.24) is 9.88 Å². The quantitative estimate of drug-likeness (QED) is 0.318. The Kier molecular flexibility index (Phi) is 16.1. The lowest BCUT2D eigenvalue weighted by Gasteiger charge is -2.34. The summed E-state index contributed by atoms with van der Waals surface area (Å²) in [5.74, 6) is 0.130. The van der Waals surface area contributed by atoms with Crippen LogP contribution in [-0.4, -0.2) is 59.7 Å². The number of anilines is 1. The lowest BCUT2D eigenvalue weighted by atomic mass is 9.84. The van der Waals surface area contributed by atoms with Gasteiger partial charge >= 0.3 is 0 Å². The number of amides is 2. The minimum atomic E-state index is -0.573. The number of aromatic nitrogens is 1. The average molecular weight is 547 g/mol. The van der Waals surface area contributed by atoms with Gasteiger partial charge in [-0.05, 0) is 37.3 Å². The Morgan fingerprint density at radius 1 is 1.22 bits per heavy atom. The number of ketones is 1. The van der Waals surface area contributed by atoms with Crippen molar-refractivity contribution < 1.29 is 19.2 Å². The topological polar surface area (TPSA) is 122 Å². The minimum Gasteiger partial charge on any atom is -0.329 e. The molecule has 1 aromatic carbocycles. The van der Waals surface area contributed by atoms with Crippen molar-refractivity contribution in [3.63, 3.8) is 0 Å². The molecule has 0 spiro atoms. The van der Waals surface area contributed by atoms with Crippen LogP contribution in [-0.2, 0) is 20.8 Å². The van der Waals surface area contributed by atoms with Crippen LogP contribution in [0.5, 0.6) is 0 Å². The van der Waals surface area contributed by atoms with Crippen LogP contribution in [0.4, 0.5) is 5.13 Å². The second-order valence-corrected chi connectivity index (χ2v) is 9.61. The summed E-state index contributed by atoms with van der Waals surface area (Å²) in [6.07, 6.45) is 11.9. The molecule has 0 radical (unpaired) electrons. The van der Waals surface area contributed by atoms with Crippen LogP contribution in [0.1, 0.15) is 67.8 Å². The van der Waals surface area contributed by atoms with E-state index in [2.05, 4.69) is 25.5 Å². The Hall–Kier alpha value is -2.74. The van der Waals surface area contributed by atoms with Gasteiger partial charge in [0, 0.05) is 36.7 Å². The molecule has 2 aromatic rings. The van der Waals surface area contributed by atoms with Gasteiger partial charge in [0.25, 0.3) is 0 Å². The first-order valence-corrected chi connectivity index (χ1v) is 14.0. The summed E-state index contributed by atoms with van der Waals surface area (Å²) in [7, 11) is 2.72. The molecule has 2 amide bonds. The van der Waals surface area contributed by atoms with Crippen molar-refractivity contribution in [2.75, 3.05) is 18.4 Å². The molecule has 3 rings (SSSR count). The van der Waals surface area contributed by atoms with E-state index in [1.165, 1.54) is 37.5 Å². The van der Waals surface area contributed by atoms with Crippen LogP contribution >= 0.6 is 20.2 Å². The zero-order chi connectivity index (χ0) is 27.6. The Morgan fingerprint density at radius 3 is 2.51 bits per heavy atom. The van der Waals surface area contributed by atoms with Gasteiger partial charge in [-0.15, -0.1) is 20.2 Å². The molecular formula is C27H39N4O4PS. The van der Waals surface area contributed by atoms with E-state index in [-0.39, 0.29) is 30.6 Å². The summed E-state index contributed by atoms with van der Waals surface area (Å²) in [5, 5.41) is 5.24. The van der Waals surface area contributed by atoms with Gasteiger partial charge in [-0.2, -0.15) is 0 Å². The standard InChI is InChI=1S/C25H34N4O3S.CH2O.CH3P/c1-18(30)21-9-5-8-20(16-21)10-11-23(31)29(14-12-26)22(17-19-6-3-2-4-7-19)24(32)28-25-27-13-15-33-25;2*1-2/h5,8-9,13,15-16,19,22H,2-4,6-7,10-12,14,17,26H2,1H3,(H,27,28,32);1H2;2H,1H2/t22-;;/m0../s1. The lowest BCUT2D eigenvalue weighted by Crippen LogP contribution is -2.50. The third-order valence-electron chi connectivity index (χ3n) is 6.27. The SMILES string of the molecule is C=O.C=P.CC(=O)c1cccc(CCC(=O)N(CCN)[C@@H](CC2CCCCC2)C(=O)Nc2nccs2)c1. The highest BCUT2D eigenvalue weighted by molar-refractivity contribution is 7.15. The number of aryl methyl sites for hydroxylation is 1. The fourth-order valence-corrected chi connectivity index (χ4v) is 5.05. The largest absolute Gasteiger partial charge is 0.329 e. The first-order chi connectivity index (χ1) is 18.0. The van der Waals surface area contributed by atoms with Gasteiger partial charge in [0.15, 0.2) is 10.9 Å². The van der Waals surface area contributed by atoms with E-state index >= 15 is 0 Å². The summed E-state index contributed by atoms with van der Waals surface area (Å²) < 4.78 is 0. The number of rotatable bonds is 11. The van der Waals surface area contributed by atoms with Gasteiger partial charge in [-0.3, -0.25) is 14.4 Å². The number of carbonyl (C=O) groups excluding carboxylic acids is 4. The Morgan fingerprint density at radius 2 is 1.92 bits per heavy atom. The third kappa shape index (κ3) is 11.0. The number of nitrogens with one attached hydrogen (secondary N) is 1. The van der Waals surface area contributed by atoms with E-state index in [1.54, 1.807) is 17.2 Å². The van der Waals surface area contributed by atoms with Crippen molar-refractivity contribution >= 4 is 56.0 Å². The van der Waals surface area contributed by atoms with Crippen LogP contribution in [0.3, 0.4) is 0 Å². The maximum atomic E-state index is 13.3. The molecule has 3 N–H and O–H groups in total. The number of hydrogen-bond donors (Lipinski definition) is 2.